The number of carbonyl (C=O) groups excluding carboxylic acids is 1. The monoisotopic (exact) mass is 310 g/mol. The van der Waals surface area contributed by atoms with Gasteiger partial charge in [0.1, 0.15) is 11.0 Å². The summed E-state index contributed by atoms with van der Waals surface area (Å²) in [5.74, 6) is -0.0638. The molecular weight excluding hydrogens is 292 g/mol. The molecule has 0 unspecified atom stereocenters. The van der Waals surface area contributed by atoms with Crippen LogP contribution in [0.1, 0.15) is 38.3 Å². The van der Waals surface area contributed by atoms with Crippen LogP contribution >= 0.6 is 22.7 Å². The first kappa shape index (κ1) is 15.2. The number of nitrogens with zero attached hydrogens (tertiary/aromatic N) is 1. The minimum Gasteiger partial charge on any atom is -0.374 e. The molecule has 1 atom stereocenters. The summed E-state index contributed by atoms with van der Waals surface area (Å²) >= 11 is 3.07. The first-order valence-electron chi connectivity index (χ1n) is 6.46. The number of thiazole rings is 1. The Bertz CT molecular complexity index is 564. The standard InChI is InChI=1S/C14H18N2O2S2/c1-4-10-13(20-9(2)16-10)14(17)15-8-11(18-3)12-6-5-7-19-12/h5-7,11H,4,8H2,1-3H3,(H,15,17)/t11-/m1/s1. The topological polar surface area (TPSA) is 51.2 Å². The molecule has 0 aliphatic carbocycles. The zero-order chi connectivity index (χ0) is 14.5. The second kappa shape index (κ2) is 6.97. The molecule has 0 fully saturated rings. The van der Waals surface area contributed by atoms with E-state index < -0.39 is 0 Å². The minimum atomic E-state index is -0.0990. The number of aryl methyl sites for hydroxylation is 2. The molecule has 1 amide bonds. The van der Waals surface area contributed by atoms with Crippen LogP contribution in [0.25, 0.3) is 0 Å². The zero-order valence-corrected chi connectivity index (χ0v) is 13.4. The van der Waals surface area contributed by atoms with Crippen molar-refractivity contribution in [2.24, 2.45) is 0 Å². The number of carbonyl (C=O) groups is 1. The van der Waals surface area contributed by atoms with E-state index in [-0.39, 0.29) is 12.0 Å². The van der Waals surface area contributed by atoms with Gasteiger partial charge in [-0.15, -0.1) is 22.7 Å². The summed E-state index contributed by atoms with van der Waals surface area (Å²) in [6.45, 7) is 4.40. The first-order valence-corrected chi connectivity index (χ1v) is 8.16. The molecule has 6 heteroatoms. The Morgan fingerprint density at radius 2 is 2.35 bits per heavy atom. The smallest absolute Gasteiger partial charge is 0.263 e. The van der Waals surface area contributed by atoms with Crippen LogP contribution in [0, 0.1) is 6.92 Å². The number of aromatic nitrogens is 1. The van der Waals surface area contributed by atoms with E-state index in [1.54, 1.807) is 18.4 Å². The molecule has 0 saturated carbocycles. The maximum Gasteiger partial charge on any atom is 0.263 e. The van der Waals surface area contributed by atoms with Crippen LogP contribution in [-0.2, 0) is 11.2 Å². The average Bonchev–Trinajstić information content (AvgIpc) is 3.08. The molecule has 2 heterocycles. The van der Waals surface area contributed by atoms with Crippen LogP contribution in [0.4, 0.5) is 0 Å². The molecule has 0 saturated heterocycles. The van der Waals surface area contributed by atoms with E-state index in [1.165, 1.54) is 11.3 Å². The van der Waals surface area contributed by atoms with Crippen molar-refractivity contribution in [2.75, 3.05) is 13.7 Å². The van der Waals surface area contributed by atoms with Gasteiger partial charge in [-0.3, -0.25) is 4.79 Å². The summed E-state index contributed by atoms with van der Waals surface area (Å²) in [4.78, 5) is 18.4. The number of rotatable bonds is 6. The van der Waals surface area contributed by atoms with Gasteiger partial charge in [-0.05, 0) is 24.8 Å². The van der Waals surface area contributed by atoms with Crippen molar-refractivity contribution < 1.29 is 9.53 Å². The molecule has 2 aromatic heterocycles. The molecule has 20 heavy (non-hydrogen) atoms. The molecule has 2 aromatic rings. The summed E-state index contributed by atoms with van der Waals surface area (Å²) in [6.07, 6.45) is 0.671. The van der Waals surface area contributed by atoms with Gasteiger partial charge in [0.05, 0.1) is 10.7 Å². The van der Waals surface area contributed by atoms with E-state index in [0.717, 1.165) is 22.0 Å². The minimum absolute atomic E-state index is 0.0638. The number of thiophene rings is 1. The average molecular weight is 310 g/mol. The van der Waals surface area contributed by atoms with Crippen molar-refractivity contribution >= 4 is 28.6 Å². The van der Waals surface area contributed by atoms with Crippen molar-refractivity contribution in [2.45, 2.75) is 26.4 Å². The Balaban J connectivity index is 2.01. The quantitative estimate of drug-likeness (QED) is 0.891. The maximum atomic E-state index is 12.2. The predicted molar refractivity (Wildman–Crippen MR) is 82.6 cm³/mol. The number of ether oxygens (including phenoxy) is 1. The summed E-state index contributed by atoms with van der Waals surface area (Å²) in [6, 6.07) is 3.99. The van der Waals surface area contributed by atoms with Gasteiger partial charge in [0.15, 0.2) is 0 Å². The SMILES string of the molecule is CCc1nc(C)sc1C(=O)NC[C@@H](OC)c1cccs1. The van der Waals surface area contributed by atoms with E-state index in [9.17, 15) is 4.79 Å². The van der Waals surface area contributed by atoms with Crippen molar-refractivity contribution in [1.82, 2.24) is 10.3 Å². The first-order chi connectivity index (χ1) is 9.65. The third kappa shape index (κ3) is 3.45. The highest BCUT2D eigenvalue weighted by molar-refractivity contribution is 7.13. The van der Waals surface area contributed by atoms with Crippen molar-refractivity contribution in [3.8, 4) is 0 Å². The number of nitrogens with one attached hydrogen (secondary N) is 1. The van der Waals surface area contributed by atoms with Gasteiger partial charge >= 0.3 is 0 Å². The van der Waals surface area contributed by atoms with Gasteiger partial charge < -0.3 is 10.1 Å². The molecule has 1 N–H and O–H groups in total. The maximum absolute atomic E-state index is 12.2. The van der Waals surface area contributed by atoms with Crippen LogP contribution in [0.2, 0.25) is 0 Å². The molecule has 0 aliphatic rings. The zero-order valence-electron chi connectivity index (χ0n) is 11.8. The summed E-state index contributed by atoms with van der Waals surface area (Å²) < 4.78 is 5.43. The fourth-order valence-corrected chi connectivity index (χ4v) is 3.65. The largest absolute Gasteiger partial charge is 0.374 e. The summed E-state index contributed by atoms with van der Waals surface area (Å²) in [5, 5.41) is 5.87. The molecule has 2 rings (SSSR count). The van der Waals surface area contributed by atoms with E-state index in [2.05, 4.69) is 10.3 Å². The molecule has 0 aromatic carbocycles. The third-order valence-electron chi connectivity index (χ3n) is 2.94. The second-order valence-electron chi connectivity index (χ2n) is 4.31. The second-order valence-corrected chi connectivity index (χ2v) is 6.49. The predicted octanol–water partition coefficient (Wildman–Crippen LogP) is 3.19. The van der Waals surface area contributed by atoms with Crippen LogP contribution < -0.4 is 5.32 Å². The Hall–Kier alpha value is -1.24. The van der Waals surface area contributed by atoms with E-state index in [4.69, 9.17) is 4.74 Å². The Labute approximate surface area is 126 Å². The van der Waals surface area contributed by atoms with Crippen molar-refractivity contribution in [3.63, 3.8) is 0 Å². The number of amides is 1. The summed E-state index contributed by atoms with van der Waals surface area (Å²) in [5.41, 5.74) is 0.870. The highest BCUT2D eigenvalue weighted by atomic mass is 32.1. The van der Waals surface area contributed by atoms with Gasteiger partial charge in [-0.2, -0.15) is 0 Å². The Kier molecular flexibility index (Phi) is 5.28. The number of methoxy groups -OCH3 is 1. The van der Waals surface area contributed by atoms with Crippen molar-refractivity contribution in [3.05, 3.63) is 38.0 Å². The molecule has 0 radical (unpaired) electrons. The molecule has 0 spiro atoms. The normalized spacial score (nSPS) is 12.3. The van der Waals surface area contributed by atoms with E-state index >= 15 is 0 Å². The third-order valence-corrected chi connectivity index (χ3v) is 4.91. The van der Waals surface area contributed by atoms with E-state index in [0.29, 0.717) is 11.4 Å². The van der Waals surface area contributed by atoms with Crippen molar-refractivity contribution in [1.29, 1.82) is 0 Å². The van der Waals surface area contributed by atoms with Gasteiger partial charge in [-0.1, -0.05) is 13.0 Å². The molecular formula is C14H18N2O2S2. The Morgan fingerprint density at radius 3 is 2.95 bits per heavy atom. The fourth-order valence-electron chi connectivity index (χ4n) is 1.93. The lowest BCUT2D eigenvalue weighted by Crippen LogP contribution is -2.28. The highest BCUT2D eigenvalue weighted by Crippen LogP contribution is 2.22. The summed E-state index contributed by atoms with van der Waals surface area (Å²) in [7, 11) is 1.66. The lowest BCUT2D eigenvalue weighted by molar-refractivity contribution is 0.0840. The van der Waals surface area contributed by atoms with Gasteiger partial charge in [0.25, 0.3) is 5.91 Å². The molecule has 4 nitrogen and oxygen atoms in total. The van der Waals surface area contributed by atoms with Crippen LogP contribution in [0.3, 0.4) is 0 Å². The Morgan fingerprint density at radius 1 is 1.55 bits per heavy atom. The fraction of sp³-hybridized carbons (Fsp3) is 0.429. The van der Waals surface area contributed by atoms with Gasteiger partial charge in [0.2, 0.25) is 0 Å². The number of hydrogen-bond acceptors (Lipinski definition) is 5. The molecule has 0 aliphatic heterocycles. The lowest BCUT2D eigenvalue weighted by atomic mass is 10.2. The molecule has 108 valence electrons. The van der Waals surface area contributed by atoms with E-state index in [1.807, 2.05) is 31.4 Å². The van der Waals surface area contributed by atoms with Crippen LogP contribution in [0.5, 0.6) is 0 Å². The van der Waals surface area contributed by atoms with Crippen LogP contribution in [0.15, 0.2) is 17.5 Å². The van der Waals surface area contributed by atoms with Gasteiger partial charge in [0, 0.05) is 18.5 Å². The molecule has 0 bridgehead atoms. The van der Waals surface area contributed by atoms with Gasteiger partial charge in [-0.25, -0.2) is 4.98 Å². The highest BCUT2D eigenvalue weighted by Gasteiger charge is 2.18. The number of hydrogen-bond donors (Lipinski definition) is 1. The van der Waals surface area contributed by atoms with Crippen LogP contribution in [-0.4, -0.2) is 24.5 Å². The lowest BCUT2D eigenvalue weighted by Gasteiger charge is -2.14.